The van der Waals surface area contributed by atoms with Crippen LogP contribution in [-0.4, -0.2) is 37.0 Å². The first-order valence-electron chi connectivity index (χ1n) is 4.64. The molecule has 5 nitrogen and oxygen atoms in total. The van der Waals surface area contributed by atoms with E-state index in [1.54, 1.807) is 0 Å². The Labute approximate surface area is 118 Å². The number of carboxylic acid groups (broad SMARTS) is 1. The molecule has 2 heterocycles. The van der Waals surface area contributed by atoms with Gasteiger partial charge in [0.2, 0.25) is 0 Å². The molecule has 0 amide bonds. The minimum absolute atomic E-state index is 0.186. The number of hydrogen-bond donors (Lipinski definition) is 1. The maximum absolute atomic E-state index is 10.3. The van der Waals surface area contributed by atoms with E-state index in [-0.39, 0.29) is 19.3 Å². The van der Waals surface area contributed by atoms with Crippen LogP contribution < -0.4 is 9.47 Å². The van der Waals surface area contributed by atoms with Crippen LogP contribution in [0.1, 0.15) is 0 Å². The number of fused-ring (bicyclic) bond motifs is 1. The zero-order valence-corrected chi connectivity index (χ0v) is 12.4. The highest BCUT2D eigenvalue weighted by atomic mass is 79.9. The first-order valence-corrected chi connectivity index (χ1v) is 7.05. The van der Waals surface area contributed by atoms with Crippen LogP contribution in [0, 0.1) is 0 Å². The van der Waals surface area contributed by atoms with E-state index in [1.165, 1.54) is 11.3 Å². The summed E-state index contributed by atoms with van der Waals surface area (Å²) in [7, 11) is 0. The summed E-state index contributed by atoms with van der Waals surface area (Å²) in [6.45, 7) is 0.196. The number of thiophene rings is 1. The van der Waals surface area contributed by atoms with Gasteiger partial charge in [-0.3, -0.25) is 0 Å². The molecule has 2 rings (SSSR count). The maximum atomic E-state index is 10.3. The van der Waals surface area contributed by atoms with Crippen molar-refractivity contribution in [1.29, 1.82) is 0 Å². The predicted molar refractivity (Wildman–Crippen MR) is 68.1 cm³/mol. The zero-order valence-electron chi connectivity index (χ0n) is 8.44. The normalized spacial score (nSPS) is 18.1. The molecule has 1 aliphatic rings. The molecule has 1 aromatic rings. The zero-order chi connectivity index (χ0) is 12.4. The van der Waals surface area contributed by atoms with Gasteiger partial charge in [0.15, 0.2) is 17.6 Å². The van der Waals surface area contributed by atoms with Crippen LogP contribution in [-0.2, 0) is 9.53 Å². The number of carboxylic acids is 1. The van der Waals surface area contributed by atoms with Gasteiger partial charge in [0, 0.05) is 0 Å². The lowest BCUT2D eigenvalue weighted by Gasteiger charge is -2.24. The fraction of sp³-hybridized carbons (Fsp3) is 0.444. The van der Waals surface area contributed by atoms with Crippen molar-refractivity contribution in [3.8, 4) is 11.5 Å². The van der Waals surface area contributed by atoms with E-state index in [4.69, 9.17) is 19.3 Å². The standard InChI is InChI=1S/C9H8Br2O5S/c10-8-6-7(9(11)17-8)16-4(2-15-6)1-14-3-5(12)13/h4H,1-3H2,(H,12,13). The molecule has 0 fully saturated rings. The van der Waals surface area contributed by atoms with Crippen LogP contribution in [0.25, 0.3) is 0 Å². The summed E-state index contributed by atoms with van der Waals surface area (Å²) in [5.74, 6) is 0.315. The van der Waals surface area contributed by atoms with Crippen LogP contribution >= 0.6 is 43.2 Å². The number of hydrogen-bond acceptors (Lipinski definition) is 5. The van der Waals surface area contributed by atoms with E-state index < -0.39 is 5.97 Å². The van der Waals surface area contributed by atoms with Crippen molar-refractivity contribution >= 4 is 49.2 Å². The van der Waals surface area contributed by atoms with Crippen LogP contribution in [0.4, 0.5) is 0 Å². The van der Waals surface area contributed by atoms with Gasteiger partial charge in [-0.2, -0.15) is 0 Å². The highest BCUT2D eigenvalue weighted by Crippen LogP contribution is 2.50. The van der Waals surface area contributed by atoms with Crippen LogP contribution in [0.3, 0.4) is 0 Å². The molecular formula is C9H8Br2O5S. The summed E-state index contributed by atoms with van der Waals surface area (Å²) in [5.41, 5.74) is 0. The van der Waals surface area contributed by atoms with Crippen molar-refractivity contribution in [3.63, 3.8) is 0 Å². The predicted octanol–water partition coefficient (Wildman–Crippen LogP) is 2.51. The average molecular weight is 388 g/mol. The Morgan fingerprint density at radius 2 is 2.18 bits per heavy atom. The lowest BCUT2D eigenvalue weighted by molar-refractivity contribution is -0.143. The SMILES string of the molecule is O=C(O)COCC1COc2c(Br)sc(Br)c2O1. The van der Waals surface area contributed by atoms with Gasteiger partial charge < -0.3 is 19.3 Å². The van der Waals surface area contributed by atoms with Gasteiger partial charge in [0.25, 0.3) is 0 Å². The van der Waals surface area contributed by atoms with Crippen molar-refractivity contribution in [3.05, 3.63) is 7.57 Å². The summed E-state index contributed by atoms with van der Waals surface area (Å²) >= 11 is 8.20. The third-order valence-electron chi connectivity index (χ3n) is 1.97. The van der Waals surface area contributed by atoms with Gasteiger partial charge in [-0.15, -0.1) is 11.3 Å². The highest BCUT2D eigenvalue weighted by Gasteiger charge is 2.27. The fourth-order valence-corrected chi connectivity index (χ4v) is 4.13. The molecule has 8 heteroatoms. The molecule has 1 N–H and O–H groups in total. The molecule has 1 atom stereocenters. The lowest BCUT2D eigenvalue weighted by Crippen LogP contribution is -2.33. The lowest BCUT2D eigenvalue weighted by atomic mass is 10.3. The summed E-state index contributed by atoms with van der Waals surface area (Å²) in [6.07, 6.45) is -0.292. The van der Waals surface area contributed by atoms with Crippen molar-refractivity contribution in [2.45, 2.75) is 6.10 Å². The smallest absolute Gasteiger partial charge is 0.329 e. The third-order valence-corrected chi connectivity index (χ3v) is 4.39. The Morgan fingerprint density at radius 3 is 2.88 bits per heavy atom. The van der Waals surface area contributed by atoms with Gasteiger partial charge in [-0.1, -0.05) is 0 Å². The Bertz CT molecular complexity index is 433. The second kappa shape index (κ2) is 5.55. The van der Waals surface area contributed by atoms with E-state index in [2.05, 4.69) is 31.9 Å². The number of carbonyl (C=O) groups is 1. The van der Waals surface area contributed by atoms with E-state index in [1.807, 2.05) is 0 Å². The fourth-order valence-electron chi connectivity index (χ4n) is 1.31. The van der Waals surface area contributed by atoms with Crippen molar-refractivity contribution < 1.29 is 24.1 Å². The molecule has 1 aromatic heterocycles. The van der Waals surface area contributed by atoms with E-state index in [9.17, 15) is 4.79 Å². The molecule has 0 saturated heterocycles. The Kier molecular flexibility index (Phi) is 4.29. The topological polar surface area (TPSA) is 65.0 Å². The molecule has 0 aliphatic carbocycles. The van der Waals surface area contributed by atoms with Crippen molar-refractivity contribution in [1.82, 2.24) is 0 Å². The van der Waals surface area contributed by atoms with Gasteiger partial charge in [-0.25, -0.2) is 4.79 Å². The molecule has 0 bridgehead atoms. The molecule has 0 radical (unpaired) electrons. The molecule has 17 heavy (non-hydrogen) atoms. The molecule has 0 saturated carbocycles. The summed E-state index contributed by atoms with van der Waals surface area (Å²) in [4.78, 5) is 10.3. The molecular weight excluding hydrogens is 380 g/mol. The molecule has 1 aliphatic heterocycles. The molecule has 94 valence electrons. The van der Waals surface area contributed by atoms with Gasteiger partial charge in [-0.05, 0) is 31.9 Å². The minimum Gasteiger partial charge on any atom is -0.484 e. The van der Waals surface area contributed by atoms with Crippen LogP contribution in [0.15, 0.2) is 7.57 Å². The van der Waals surface area contributed by atoms with E-state index in [0.717, 1.165) is 7.57 Å². The van der Waals surface area contributed by atoms with Crippen molar-refractivity contribution in [2.24, 2.45) is 0 Å². The quantitative estimate of drug-likeness (QED) is 0.859. The second-order valence-corrected chi connectivity index (χ2v) is 6.92. The number of aliphatic carboxylic acids is 1. The Morgan fingerprint density at radius 1 is 1.47 bits per heavy atom. The summed E-state index contributed by atoms with van der Waals surface area (Å²) in [5, 5.41) is 8.44. The third kappa shape index (κ3) is 3.12. The van der Waals surface area contributed by atoms with Gasteiger partial charge in [0.1, 0.15) is 20.8 Å². The number of ether oxygens (including phenoxy) is 3. The number of rotatable bonds is 4. The first kappa shape index (κ1) is 13.1. The maximum Gasteiger partial charge on any atom is 0.329 e. The van der Waals surface area contributed by atoms with Gasteiger partial charge >= 0.3 is 5.97 Å². The summed E-state index contributed by atoms with van der Waals surface area (Å²) in [6, 6.07) is 0. The molecule has 0 aromatic carbocycles. The minimum atomic E-state index is -0.998. The highest BCUT2D eigenvalue weighted by molar-refractivity contribution is 9.12. The average Bonchev–Trinajstić information content (AvgIpc) is 2.54. The first-order chi connectivity index (χ1) is 8.08. The summed E-state index contributed by atoms with van der Waals surface area (Å²) < 4.78 is 17.9. The van der Waals surface area contributed by atoms with Gasteiger partial charge in [0.05, 0.1) is 6.61 Å². The number of halogens is 2. The molecule has 1 unspecified atom stereocenters. The second-order valence-electron chi connectivity index (χ2n) is 3.27. The monoisotopic (exact) mass is 386 g/mol. The largest absolute Gasteiger partial charge is 0.484 e. The van der Waals surface area contributed by atoms with Crippen LogP contribution in [0.2, 0.25) is 0 Å². The Hall–Kier alpha value is -0.310. The van der Waals surface area contributed by atoms with E-state index >= 15 is 0 Å². The van der Waals surface area contributed by atoms with E-state index in [0.29, 0.717) is 18.1 Å². The molecule has 0 spiro atoms. The van der Waals surface area contributed by atoms with Crippen molar-refractivity contribution in [2.75, 3.05) is 19.8 Å². The van der Waals surface area contributed by atoms with Crippen LogP contribution in [0.5, 0.6) is 11.5 Å². The Balaban J connectivity index is 1.94.